The number of aliphatic hydroxyl groups is 2. The van der Waals surface area contributed by atoms with Crippen LogP contribution in [0.4, 0.5) is 0 Å². The first-order valence-corrected chi connectivity index (χ1v) is 5.65. The molecule has 0 aliphatic heterocycles. The van der Waals surface area contributed by atoms with Crippen LogP contribution in [0, 0.1) is 6.92 Å². The fraction of sp³-hybridized carbons (Fsp3) is 0.308. The molecule has 0 radical (unpaired) electrons. The zero-order chi connectivity index (χ0) is 13.0. The average Bonchev–Trinajstić information content (AvgIpc) is 2.53. The van der Waals surface area contributed by atoms with Crippen LogP contribution in [-0.4, -0.2) is 15.3 Å². The Kier molecular flexibility index (Phi) is 2.23. The molecular formula is C13H12O5. The van der Waals surface area contributed by atoms with Gasteiger partial charge in [0.25, 0.3) is 0 Å². The number of hydrogen-bond acceptors (Lipinski definition) is 5. The minimum Gasteiger partial charge on any atom is -0.507 e. The summed E-state index contributed by atoms with van der Waals surface area (Å²) in [5, 5.41) is 29.3. The van der Waals surface area contributed by atoms with E-state index in [1.54, 1.807) is 13.0 Å². The van der Waals surface area contributed by atoms with Crippen molar-refractivity contribution >= 4 is 11.0 Å². The zero-order valence-electron chi connectivity index (χ0n) is 9.67. The lowest BCUT2D eigenvalue weighted by molar-refractivity contribution is 0.0987. The van der Waals surface area contributed by atoms with Gasteiger partial charge in [0.1, 0.15) is 28.6 Å². The molecule has 0 bridgehead atoms. The average molecular weight is 248 g/mol. The zero-order valence-corrected chi connectivity index (χ0v) is 9.67. The molecule has 18 heavy (non-hydrogen) atoms. The lowest BCUT2D eigenvalue weighted by Crippen LogP contribution is -2.12. The lowest BCUT2D eigenvalue weighted by atomic mass is 10.1. The van der Waals surface area contributed by atoms with Gasteiger partial charge in [0, 0.05) is 6.42 Å². The molecule has 1 aromatic heterocycles. The SMILES string of the molecule is Cc1cc(O)c2c(=O)c3c(oc2c1)[C@H](O)C[C@@H]3O. The van der Waals surface area contributed by atoms with Crippen LogP contribution in [0.25, 0.3) is 11.0 Å². The van der Waals surface area contributed by atoms with E-state index in [9.17, 15) is 20.1 Å². The van der Waals surface area contributed by atoms with Crippen molar-refractivity contribution in [1.82, 2.24) is 0 Å². The Labute approximate surface area is 102 Å². The Morgan fingerprint density at radius 3 is 2.72 bits per heavy atom. The molecule has 0 saturated carbocycles. The second-order valence-electron chi connectivity index (χ2n) is 4.63. The van der Waals surface area contributed by atoms with Gasteiger partial charge in [-0.1, -0.05) is 0 Å². The van der Waals surface area contributed by atoms with Gasteiger partial charge in [0.15, 0.2) is 0 Å². The van der Waals surface area contributed by atoms with Crippen molar-refractivity contribution in [2.75, 3.05) is 0 Å². The van der Waals surface area contributed by atoms with E-state index in [0.717, 1.165) is 5.56 Å². The van der Waals surface area contributed by atoms with E-state index in [1.165, 1.54) is 6.07 Å². The first-order chi connectivity index (χ1) is 8.49. The molecule has 3 N–H and O–H groups in total. The summed E-state index contributed by atoms with van der Waals surface area (Å²) >= 11 is 0. The standard InChI is InChI=1S/C13H12O5/c1-5-2-6(14)10-9(3-5)18-13-8(16)4-7(15)11(13)12(10)17/h2-3,7-8,14-16H,4H2,1H3/t7-,8+/m0/s1. The Bertz CT molecular complexity index is 701. The van der Waals surface area contributed by atoms with E-state index in [2.05, 4.69) is 0 Å². The van der Waals surface area contributed by atoms with Crippen molar-refractivity contribution in [2.24, 2.45) is 0 Å². The maximum Gasteiger partial charge on any atom is 0.202 e. The minimum absolute atomic E-state index is 0.0458. The van der Waals surface area contributed by atoms with Crippen molar-refractivity contribution in [2.45, 2.75) is 25.6 Å². The first-order valence-electron chi connectivity index (χ1n) is 5.65. The smallest absolute Gasteiger partial charge is 0.202 e. The van der Waals surface area contributed by atoms with Gasteiger partial charge in [0.05, 0.1) is 11.7 Å². The minimum atomic E-state index is -1.05. The number of phenolic OH excluding ortho intramolecular Hbond substituents is 1. The van der Waals surface area contributed by atoms with Gasteiger partial charge in [0.2, 0.25) is 5.43 Å². The van der Waals surface area contributed by atoms with Crippen LogP contribution in [0.15, 0.2) is 21.3 Å². The lowest BCUT2D eigenvalue weighted by Gasteiger charge is -2.07. The molecular weight excluding hydrogens is 236 g/mol. The number of fused-ring (bicyclic) bond motifs is 2. The molecule has 2 aromatic rings. The van der Waals surface area contributed by atoms with Gasteiger partial charge < -0.3 is 19.7 Å². The van der Waals surface area contributed by atoms with Crippen LogP contribution in [0.1, 0.15) is 35.5 Å². The van der Waals surface area contributed by atoms with Crippen LogP contribution in [0.3, 0.4) is 0 Å². The molecule has 0 unspecified atom stereocenters. The van der Waals surface area contributed by atoms with E-state index in [1.807, 2.05) is 0 Å². The maximum absolute atomic E-state index is 12.2. The van der Waals surface area contributed by atoms with Crippen molar-refractivity contribution in [3.8, 4) is 5.75 Å². The highest BCUT2D eigenvalue weighted by atomic mass is 16.4. The Balaban J connectivity index is 2.48. The van der Waals surface area contributed by atoms with Gasteiger partial charge in [-0.3, -0.25) is 4.79 Å². The van der Waals surface area contributed by atoms with Gasteiger partial charge in [-0.2, -0.15) is 0 Å². The predicted octanol–water partition coefficient (Wildman–Crippen LogP) is 1.28. The second-order valence-corrected chi connectivity index (χ2v) is 4.63. The van der Waals surface area contributed by atoms with E-state index >= 15 is 0 Å². The Morgan fingerprint density at radius 1 is 1.28 bits per heavy atom. The number of benzene rings is 1. The van der Waals surface area contributed by atoms with E-state index in [-0.39, 0.29) is 34.5 Å². The number of aliphatic hydroxyl groups excluding tert-OH is 2. The molecule has 5 heteroatoms. The number of aromatic hydroxyl groups is 1. The van der Waals surface area contributed by atoms with Gasteiger partial charge in [-0.15, -0.1) is 0 Å². The summed E-state index contributed by atoms with van der Waals surface area (Å²) in [6.07, 6.45) is -1.98. The summed E-state index contributed by atoms with van der Waals surface area (Å²) in [7, 11) is 0. The van der Waals surface area contributed by atoms with E-state index in [4.69, 9.17) is 4.42 Å². The van der Waals surface area contributed by atoms with Crippen molar-refractivity contribution in [3.63, 3.8) is 0 Å². The molecule has 1 aliphatic rings. The van der Waals surface area contributed by atoms with E-state index < -0.39 is 17.6 Å². The normalized spacial score (nSPS) is 22.4. The van der Waals surface area contributed by atoms with Crippen LogP contribution >= 0.6 is 0 Å². The molecule has 0 spiro atoms. The maximum atomic E-state index is 12.2. The fourth-order valence-electron chi connectivity index (χ4n) is 2.46. The fourth-order valence-corrected chi connectivity index (χ4v) is 2.46. The van der Waals surface area contributed by atoms with Crippen LogP contribution in [0.5, 0.6) is 5.75 Å². The third-order valence-corrected chi connectivity index (χ3v) is 3.27. The van der Waals surface area contributed by atoms with Gasteiger partial charge in [-0.05, 0) is 24.6 Å². The summed E-state index contributed by atoms with van der Waals surface area (Å²) < 4.78 is 5.46. The summed E-state index contributed by atoms with van der Waals surface area (Å²) in [6, 6.07) is 3.08. The monoisotopic (exact) mass is 248 g/mol. The molecule has 94 valence electrons. The molecule has 2 atom stereocenters. The van der Waals surface area contributed by atoms with Crippen LogP contribution < -0.4 is 5.43 Å². The molecule has 5 nitrogen and oxygen atoms in total. The van der Waals surface area contributed by atoms with Crippen LogP contribution in [0.2, 0.25) is 0 Å². The summed E-state index contributed by atoms with van der Waals surface area (Å²) in [6.45, 7) is 1.76. The molecule has 1 heterocycles. The quantitative estimate of drug-likeness (QED) is 0.653. The predicted molar refractivity (Wildman–Crippen MR) is 63.4 cm³/mol. The molecule has 0 amide bonds. The molecule has 1 aliphatic carbocycles. The van der Waals surface area contributed by atoms with Gasteiger partial charge >= 0.3 is 0 Å². The highest BCUT2D eigenvalue weighted by Gasteiger charge is 2.34. The number of phenols is 1. The van der Waals surface area contributed by atoms with Crippen molar-refractivity contribution in [3.05, 3.63) is 39.2 Å². The summed E-state index contributed by atoms with van der Waals surface area (Å²) in [5.41, 5.74) is 0.544. The Hall–Kier alpha value is -1.85. The third-order valence-electron chi connectivity index (χ3n) is 3.27. The third kappa shape index (κ3) is 1.38. The number of aryl methyl sites for hydroxylation is 1. The largest absolute Gasteiger partial charge is 0.507 e. The highest BCUT2D eigenvalue weighted by molar-refractivity contribution is 5.84. The second kappa shape index (κ2) is 3.57. The number of rotatable bonds is 0. The molecule has 0 saturated heterocycles. The van der Waals surface area contributed by atoms with E-state index in [0.29, 0.717) is 0 Å². The highest BCUT2D eigenvalue weighted by Crippen LogP contribution is 2.39. The Morgan fingerprint density at radius 2 is 2.00 bits per heavy atom. The summed E-state index contributed by atoms with van der Waals surface area (Å²) in [4.78, 5) is 12.2. The first kappa shape index (κ1) is 11.3. The van der Waals surface area contributed by atoms with Crippen LogP contribution in [-0.2, 0) is 0 Å². The molecule has 3 rings (SSSR count). The molecule has 0 fully saturated rings. The van der Waals surface area contributed by atoms with Crippen molar-refractivity contribution in [1.29, 1.82) is 0 Å². The number of hydrogen-bond donors (Lipinski definition) is 3. The van der Waals surface area contributed by atoms with Crippen molar-refractivity contribution < 1.29 is 19.7 Å². The molecule has 1 aromatic carbocycles. The topological polar surface area (TPSA) is 90.9 Å². The van der Waals surface area contributed by atoms with Gasteiger partial charge in [-0.25, -0.2) is 0 Å². The summed E-state index contributed by atoms with van der Waals surface area (Å²) in [5.74, 6) is -0.0693.